The highest BCUT2D eigenvalue weighted by molar-refractivity contribution is 7.96. The van der Waals surface area contributed by atoms with Gasteiger partial charge in [0.25, 0.3) is 0 Å². The van der Waals surface area contributed by atoms with Gasteiger partial charge in [-0.2, -0.15) is 5.10 Å². The fourth-order valence-corrected chi connectivity index (χ4v) is 4.41. The summed E-state index contributed by atoms with van der Waals surface area (Å²) in [5, 5.41) is 7.38. The van der Waals surface area contributed by atoms with E-state index in [-0.39, 0.29) is 0 Å². The Balaban J connectivity index is 1.23. The van der Waals surface area contributed by atoms with Gasteiger partial charge in [0.2, 0.25) is 5.95 Å². The minimum atomic E-state index is 0.551. The van der Waals surface area contributed by atoms with Gasteiger partial charge in [0.15, 0.2) is 0 Å². The smallest absolute Gasteiger partial charge is 0.228 e. The predicted molar refractivity (Wildman–Crippen MR) is 129 cm³/mol. The number of hydrogen-bond acceptors (Lipinski definition) is 7. The molecular weight excluding hydrogens is 420 g/mol. The van der Waals surface area contributed by atoms with E-state index >= 15 is 0 Å². The Hall–Kier alpha value is -3.36. The summed E-state index contributed by atoms with van der Waals surface area (Å²) >= 11 is 1.44. The molecule has 7 nitrogen and oxygen atoms in total. The van der Waals surface area contributed by atoms with Gasteiger partial charge in [0.1, 0.15) is 18.0 Å². The van der Waals surface area contributed by atoms with E-state index in [1.165, 1.54) is 29.0 Å². The number of fused-ring (bicyclic) bond motifs is 1. The van der Waals surface area contributed by atoms with Crippen LogP contribution in [0.3, 0.4) is 0 Å². The molecule has 0 spiro atoms. The number of nitrogens with one attached hydrogen (secondary N) is 1. The van der Waals surface area contributed by atoms with Gasteiger partial charge >= 0.3 is 0 Å². The molecule has 3 heterocycles. The maximum atomic E-state index is 5.88. The molecule has 0 unspecified atom stereocenters. The number of aromatic nitrogens is 4. The van der Waals surface area contributed by atoms with E-state index in [4.69, 9.17) is 4.18 Å². The van der Waals surface area contributed by atoms with E-state index in [0.29, 0.717) is 12.6 Å². The average Bonchev–Trinajstić information content (AvgIpc) is 3.43. The lowest BCUT2D eigenvalue weighted by Gasteiger charge is -2.17. The summed E-state index contributed by atoms with van der Waals surface area (Å²) in [6.07, 6.45) is 5.42. The molecule has 0 fully saturated rings. The number of aryl methyl sites for hydroxylation is 1. The molecule has 162 valence electrons. The molecule has 0 radical (unpaired) electrons. The minimum absolute atomic E-state index is 0.551. The zero-order valence-corrected chi connectivity index (χ0v) is 18.6. The van der Waals surface area contributed by atoms with Gasteiger partial charge in [-0.15, -0.1) is 0 Å². The van der Waals surface area contributed by atoms with Crippen molar-refractivity contribution >= 4 is 29.7 Å². The molecule has 4 aromatic rings. The SMILES string of the molecule is Cn1nccc1Nc1nccc(-c2ccc3c(c2)CCN3SOCCc2ccccc2)n1. The van der Waals surface area contributed by atoms with Crippen molar-refractivity contribution in [1.82, 2.24) is 19.7 Å². The lowest BCUT2D eigenvalue weighted by atomic mass is 10.1. The molecule has 2 aromatic heterocycles. The van der Waals surface area contributed by atoms with Crippen molar-refractivity contribution < 1.29 is 4.18 Å². The van der Waals surface area contributed by atoms with Gasteiger partial charge in [-0.1, -0.05) is 36.4 Å². The number of benzene rings is 2. The van der Waals surface area contributed by atoms with Crippen LogP contribution >= 0.6 is 12.2 Å². The molecule has 0 saturated carbocycles. The van der Waals surface area contributed by atoms with E-state index in [2.05, 4.69) is 67.2 Å². The first-order chi connectivity index (χ1) is 15.8. The van der Waals surface area contributed by atoms with Crippen molar-refractivity contribution in [2.45, 2.75) is 12.8 Å². The third kappa shape index (κ3) is 4.61. The van der Waals surface area contributed by atoms with Crippen LogP contribution in [0.5, 0.6) is 0 Å². The van der Waals surface area contributed by atoms with Gasteiger partial charge in [-0.25, -0.2) is 9.97 Å². The highest BCUT2D eigenvalue weighted by atomic mass is 32.2. The summed E-state index contributed by atoms with van der Waals surface area (Å²) < 4.78 is 9.85. The van der Waals surface area contributed by atoms with Crippen molar-refractivity contribution in [3.8, 4) is 11.3 Å². The van der Waals surface area contributed by atoms with Crippen molar-refractivity contribution in [2.75, 3.05) is 22.8 Å². The van der Waals surface area contributed by atoms with Crippen LogP contribution in [-0.2, 0) is 24.1 Å². The Bertz CT molecular complexity index is 1200. The fourth-order valence-electron chi connectivity index (χ4n) is 3.70. The number of anilines is 3. The molecule has 0 bridgehead atoms. The van der Waals surface area contributed by atoms with Gasteiger partial charge < -0.3 is 5.32 Å². The van der Waals surface area contributed by atoms with Gasteiger partial charge in [0, 0.05) is 31.4 Å². The summed E-state index contributed by atoms with van der Waals surface area (Å²) in [6.45, 7) is 1.62. The Morgan fingerprint density at radius 3 is 2.81 bits per heavy atom. The molecule has 1 aliphatic heterocycles. The third-order valence-electron chi connectivity index (χ3n) is 5.40. The molecule has 1 N–H and O–H groups in total. The number of nitrogens with zero attached hydrogens (tertiary/aromatic N) is 5. The van der Waals surface area contributed by atoms with Gasteiger partial charge in [0.05, 0.1) is 24.2 Å². The van der Waals surface area contributed by atoms with E-state index in [1.807, 2.05) is 25.2 Å². The van der Waals surface area contributed by atoms with E-state index < -0.39 is 0 Å². The normalized spacial score (nSPS) is 12.7. The monoisotopic (exact) mass is 444 g/mol. The zero-order chi connectivity index (χ0) is 21.8. The molecule has 0 aliphatic carbocycles. The predicted octanol–water partition coefficient (Wildman–Crippen LogP) is 4.81. The Morgan fingerprint density at radius 1 is 1.06 bits per heavy atom. The quantitative estimate of drug-likeness (QED) is 0.238. The first-order valence-corrected chi connectivity index (χ1v) is 11.3. The second kappa shape index (κ2) is 9.42. The maximum absolute atomic E-state index is 5.88. The fraction of sp³-hybridized carbons (Fsp3) is 0.208. The van der Waals surface area contributed by atoms with Crippen LogP contribution in [0, 0.1) is 0 Å². The second-order valence-corrected chi connectivity index (χ2v) is 8.38. The topological polar surface area (TPSA) is 68.1 Å². The van der Waals surface area contributed by atoms with Crippen LogP contribution < -0.4 is 9.62 Å². The highest BCUT2D eigenvalue weighted by Gasteiger charge is 2.21. The van der Waals surface area contributed by atoms with Crippen LogP contribution in [-0.4, -0.2) is 32.9 Å². The Labute approximate surface area is 191 Å². The summed E-state index contributed by atoms with van der Waals surface area (Å²) in [6, 6.07) is 20.7. The highest BCUT2D eigenvalue weighted by Crippen LogP contribution is 2.36. The second-order valence-electron chi connectivity index (χ2n) is 7.56. The first kappa shape index (κ1) is 20.5. The molecule has 0 saturated heterocycles. The zero-order valence-electron chi connectivity index (χ0n) is 17.8. The van der Waals surface area contributed by atoms with E-state index in [0.717, 1.165) is 36.5 Å². The van der Waals surface area contributed by atoms with Crippen molar-refractivity contribution in [3.63, 3.8) is 0 Å². The molecule has 0 amide bonds. The van der Waals surface area contributed by atoms with E-state index in [9.17, 15) is 0 Å². The lowest BCUT2D eigenvalue weighted by molar-refractivity contribution is 0.378. The summed E-state index contributed by atoms with van der Waals surface area (Å²) in [7, 11) is 1.88. The van der Waals surface area contributed by atoms with Gasteiger partial charge in [-0.05, 0) is 42.2 Å². The summed E-state index contributed by atoms with van der Waals surface area (Å²) in [5.74, 6) is 1.40. The van der Waals surface area contributed by atoms with Crippen molar-refractivity contribution in [3.05, 3.63) is 84.2 Å². The standard InChI is InChI=1S/C24H24N6OS/c1-29-23(10-14-26-29)28-24-25-13-9-21(27-24)19-7-8-22-20(17-19)11-15-30(22)32-31-16-12-18-5-3-2-4-6-18/h2-10,13-14,17H,11-12,15-16H2,1H3,(H,25,27,28). The van der Waals surface area contributed by atoms with Crippen LogP contribution in [0.1, 0.15) is 11.1 Å². The molecule has 1 aliphatic rings. The Morgan fingerprint density at radius 2 is 1.97 bits per heavy atom. The Kier molecular flexibility index (Phi) is 6.04. The van der Waals surface area contributed by atoms with Crippen LogP contribution in [0.4, 0.5) is 17.5 Å². The third-order valence-corrected chi connectivity index (χ3v) is 6.24. The van der Waals surface area contributed by atoms with Crippen molar-refractivity contribution in [1.29, 1.82) is 0 Å². The maximum Gasteiger partial charge on any atom is 0.228 e. The lowest BCUT2D eigenvalue weighted by Crippen LogP contribution is -2.11. The van der Waals surface area contributed by atoms with Gasteiger partial charge in [-0.3, -0.25) is 13.2 Å². The molecule has 0 atom stereocenters. The number of rotatable bonds is 8. The average molecular weight is 445 g/mol. The summed E-state index contributed by atoms with van der Waals surface area (Å²) in [5.41, 5.74) is 5.78. The molecular formula is C24H24N6OS. The number of hydrogen-bond donors (Lipinski definition) is 1. The van der Waals surface area contributed by atoms with Crippen molar-refractivity contribution in [2.24, 2.45) is 7.05 Å². The molecule has 8 heteroatoms. The first-order valence-electron chi connectivity index (χ1n) is 10.6. The molecule has 2 aromatic carbocycles. The minimum Gasteiger partial charge on any atom is -0.309 e. The van der Waals surface area contributed by atoms with Crippen LogP contribution in [0.15, 0.2) is 73.1 Å². The van der Waals surface area contributed by atoms with Crippen LogP contribution in [0.2, 0.25) is 0 Å². The molecule has 5 rings (SSSR count). The van der Waals surface area contributed by atoms with E-state index in [1.54, 1.807) is 17.1 Å². The summed E-state index contributed by atoms with van der Waals surface area (Å²) in [4.78, 5) is 9.02. The molecule has 32 heavy (non-hydrogen) atoms. The van der Waals surface area contributed by atoms with Crippen LogP contribution in [0.25, 0.3) is 11.3 Å². The largest absolute Gasteiger partial charge is 0.309 e.